The molecule has 2 aromatic carbocycles. The van der Waals surface area contributed by atoms with Crippen molar-refractivity contribution < 1.29 is 14.3 Å². The molecule has 0 aromatic heterocycles. The van der Waals surface area contributed by atoms with Gasteiger partial charge in [-0.1, -0.05) is 30.3 Å². The second kappa shape index (κ2) is 6.05. The summed E-state index contributed by atoms with van der Waals surface area (Å²) in [6.07, 6.45) is 0. The lowest BCUT2D eigenvalue weighted by atomic mass is 9.99. The third-order valence-electron chi connectivity index (χ3n) is 2.80. The number of rotatable bonds is 4. The first-order chi connectivity index (χ1) is 9.26. The molecule has 0 aliphatic rings. The summed E-state index contributed by atoms with van der Waals surface area (Å²) >= 11 is 0. The Morgan fingerprint density at radius 3 is 2.63 bits per heavy atom. The van der Waals surface area contributed by atoms with Crippen LogP contribution >= 0.6 is 0 Å². The average Bonchev–Trinajstić information content (AvgIpc) is 2.47. The zero-order valence-corrected chi connectivity index (χ0v) is 11.1. The van der Waals surface area contributed by atoms with Crippen molar-refractivity contribution in [1.82, 2.24) is 0 Å². The largest absolute Gasteiger partial charge is 0.497 e. The number of ether oxygens (including phenoxy) is 2. The summed E-state index contributed by atoms with van der Waals surface area (Å²) in [5, 5.41) is 0. The normalized spacial score (nSPS) is 10.0. The molecule has 0 aliphatic heterocycles. The Hall–Kier alpha value is -2.29. The van der Waals surface area contributed by atoms with Gasteiger partial charge in [0.15, 0.2) is 0 Å². The first-order valence-corrected chi connectivity index (χ1v) is 6.17. The first-order valence-electron chi connectivity index (χ1n) is 6.17. The number of hydrogen-bond acceptors (Lipinski definition) is 3. The van der Waals surface area contributed by atoms with Crippen LogP contribution in [0, 0.1) is 0 Å². The maximum atomic E-state index is 11.9. The van der Waals surface area contributed by atoms with E-state index in [1.165, 1.54) is 0 Å². The van der Waals surface area contributed by atoms with Crippen LogP contribution in [0.4, 0.5) is 0 Å². The molecule has 0 unspecified atom stereocenters. The van der Waals surface area contributed by atoms with Gasteiger partial charge in [0.2, 0.25) is 0 Å². The second-order valence-corrected chi connectivity index (χ2v) is 4.00. The molecule has 2 rings (SSSR count). The SMILES string of the molecule is CCOC(=O)c1ccccc1-c1cccc(OC)c1. The van der Waals surface area contributed by atoms with Gasteiger partial charge < -0.3 is 9.47 Å². The second-order valence-electron chi connectivity index (χ2n) is 4.00. The highest BCUT2D eigenvalue weighted by Crippen LogP contribution is 2.27. The van der Waals surface area contributed by atoms with Gasteiger partial charge in [0.05, 0.1) is 19.3 Å². The van der Waals surface area contributed by atoms with E-state index >= 15 is 0 Å². The molecule has 98 valence electrons. The van der Waals surface area contributed by atoms with E-state index in [4.69, 9.17) is 9.47 Å². The zero-order valence-electron chi connectivity index (χ0n) is 11.1. The van der Waals surface area contributed by atoms with Crippen molar-refractivity contribution in [3.8, 4) is 16.9 Å². The zero-order chi connectivity index (χ0) is 13.7. The highest BCUT2D eigenvalue weighted by Gasteiger charge is 2.13. The van der Waals surface area contributed by atoms with Crippen molar-refractivity contribution in [1.29, 1.82) is 0 Å². The van der Waals surface area contributed by atoms with Crippen molar-refractivity contribution in [2.45, 2.75) is 6.92 Å². The van der Waals surface area contributed by atoms with Gasteiger partial charge in [0.25, 0.3) is 0 Å². The van der Waals surface area contributed by atoms with Crippen molar-refractivity contribution in [3.63, 3.8) is 0 Å². The van der Waals surface area contributed by atoms with E-state index in [1.807, 2.05) is 42.5 Å². The Kier molecular flexibility index (Phi) is 4.18. The maximum absolute atomic E-state index is 11.9. The monoisotopic (exact) mass is 256 g/mol. The first kappa shape index (κ1) is 13.1. The minimum Gasteiger partial charge on any atom is -0.497 e. The predicted octanol–water partition coefficient (Wildman–Crippen LogP) is 3.54. The molecule has 0 aliphatic carbocycles. The molecule has 0 saturated carbocycles. The molecule has 19 heavy (non-hydrogen) atoms. The number of benzene rings is 2. The van der Waals surface area contributed by atoms with Gasteiger partial charge in [-0.2, -0.15) is 0 Å². The Bertz CT molecular complexity index is 576. The highest BCUT2D eigenvalue weighted by molar-refractivity contribution is 5.97. The van der Waals surface area contributed by atoms with Crippen LogP contribution in [0.25, 0.3) is 11.1 Å². The van der Waals surface area contributed by atoms with E-state index in [2.05, 4.69) is 0 Å². The molecule has 3 nitrogen and oxygen atoms in total. The van der Waals surface area contributed by atoms with Gasteiger partial charge in [-0.25, -0.2) is 4.79 Å². The molecular weight excluding hydrogens is 240 g/mol. The minimum atomic E-state index is -0.305. The molecule has 0 amide bonds. The van der Waals surface area contributed by atoms with Gasteiger partial charge >= 0.3 is 5.97 Å². The quantitative estimate of drug-likeness (QED) is 0.785. The Morgan fingerprint density at radius 1 is 1.11 bits per heavy atom. The Labute approximate surface area is 112 Å². The fraction of sp³-hybridized carbons (Fsp3) is 0.188. The summed E-state index contributed by atoms with van der Waals surface area (Å²) in [5.74, 6) is 0.456. The number of methoxy groups -OCH3 is 1. The van der Waals surface area contributed by atoms with Crippen LogP contribution in [0.3, 0.4) is 0 Å². The summed E-state index contributed by atoms with van der Waals surface area (Å²) < 4.78 is 10.3. The van der Waals surface area contributed by atoms with Gasteiger partial charge in [0, 0.05) is 0 Å². The molecule has 0 bridgehead atoms. The standard InChI is InChI=1S/C16H16O3/c1-3-19-16(17)15-10-5-4-9-14(15)12-7-6-8-13(11-12)18-2/h4-11H,3H2,1-2H3. The van der Waals surface area contributed by atoms with Crippen molar-refractivity contribution in [2.24, 2.45) is 0 Å². The summed E-state index contributed by atoms with van der Waals surface area (Å²) in [7, 11) is 1.62. The summed E-state index contributed by atoms with van der Waals surface area (Å²) in [6.45, 7) is 2.16. The lowest BCUT2D eigenvalue weighted by molar-refractivity contribution is 0.0527. The Balaban J connectivity index is 2.46. The molecule has 0 heterocycles. The number of esters is 1. The maximum Gasteiger partial charge on any atom is 0.338 e. The van der Waals surface area contributed by atoms with Gasteiger partial charge in [-0.3, -0.25) is 0 Å². The van der Waals surface area contributed by atoms with E-state index in [0.717, 1.165) is 16.9 Å². The van der Waals surface area contributed by atoms with E-state index in [1.54, 1.807) is 20.1 Å². The van der Waals surface area contributed by atoms with Gasteiger partial charge in [-0.15, -0.1) is 0 Å². The fourth-order valence-electron chi connectivity index (χ4n) is 1.91. The highest BCUT2D eigenvalue weighted by atomic mass is 16.5. The smallest absolute Gasteiger partial charge is 0.338 e. The van der Waals surface area contributed by atoms with Crippen LogP contribution < -0.4 is 4.74 Å². The van der Waals surface area contributed by atoms with Crippen LogP contribution in [-0.2, 0) is 4.74 Å². The third-order valence-corrected chi connectivity index (χ3v) is 2.80. The molecule has 3 heteroatoms. The van der Waals surface area contributed by atoms with Crippen molar-refractivity contribution in [2.75, 3.05) is 13.7 Å². The predicted molar refractivity (Wildman–Crippen MR) is 74.4 cm³/mol. The topological polar surface area (TPSA) is 35.5 Å². The number of carbonyl (C=O) groups excluding carboxylic acids is 1. The van der Waals surface area contributed by atoms with E-state index in [9.17, 15) is 4.79 Å². The van der Waals surface area contributed by atoms with E-state index in [-0.39, 0.29) is 5.97 Å². The van der Waals surface area contributed by atoms with Crippen LogP contribution in [-0.4, -0.2) is 19.7 Å². The summed E-state index contributed by atoms with van der Waals surface area (Å²) in [6, 6.07) is 15.0. The van der Waals surface area contributed by atoms with E-state index < -0.39 is 0 Å². The van der Waals surface area contributed by atoms with E-state index in [0.29, 0.717) is 12.2 Å². The molecule has 0 radical (unpaired) electrons. The number of carbonyl (C=O) groups is 1. The molecule has 0 saturated heterocycles. The van der Waals surface area contributed by atoms with Gasteiger partial charge in [-0.05, 0) is 36.2 Å². The van der Waals surface area contributed by atoms with Crippen LogP contribution in [0.15, 0.2) is 48.5 Å². The molecule has 2 aromatic rings. The molecule has 0 N–H and O–H groups in total. The van der Waals surface area contributed by atoms with Crippen LogP contribution in [0.2, 0.25) is 0 Å². The summed E-state index contributed by atoms with van der Waals surface area (Å²) in [4.78, 5) is 11.9. The van der Waals surface area contributed by atoms with Gasteiger partial charge in [0.1, 0.15) is 5.75 Å². The Morgan fingerprint density at radius 2 is 1.89 bits per heavy atom. The van der Waals surface area contributed by atoms with Crippen LogP contribution in [0.5, 0.6) is 5.75 Å². The third kappa shape index (κ3) is 2.94. The van der Waals surface area contributed by atoms with Crippen molar-refractivity contribution >= 4 is 5.97 Å². The average molecular weight is 256 g/mol. The summed E-state index contributed by atoms with van der Waals surface area (Å²) in [5.41, 5.74) is 2.35. The van der Waals surface area contributed by atoms with Crippen molar-refractivity contribution in [3.05, 3.63) is 54.1 Å². The molecule has 0 atom stereocenters. The lowest BCUT2D eigenvalue weighted by Gasteiger charge is -2.10. The number of hydrogen-bond donors (Lipinski definition) is 0. The lowest BCUT2D eigenvalue weighted by Crippen LogP contribution is -2.06. The molecule has 0 fully saturated rings. The minimum absolute atomic E-state index is 0.305. The molecular formula is C16H16O3. The fourth-order valence-corrected chi connectivity index (χ4v) is 1.91. The van der Waals surface area contributed by atoms with Crippen LogP contribution in [0.1, 0.15) is 17.3 Å². The molecule has 0 spiro atoms.